The molecule has 15 heavy (non-hydrogen) atoms. The highest BCUT2D eigenvalue weighted by atomic mass is 32.1. The molecule has 0 atom stereocenters. The molecule has 1 rings (SSSR count). The Labute approximate surface area is 93.8 Å². The van der Waals surface area contributed by atoms with Crippen molar-refractivity contribution in [2.45, 2.75) is 0 Å². The monoisotopic (exact) mass is 221 g/mol. The standard InChI is InChI=1S/C11H11NO2S/c1-14-11(15)12-10(13)8-7-9-5-3-2-4-6-9/h2-8H,1H3,(H,12,13,15)/b8-7+. The number of ether oxygens (including phenoxy) is 1. The first-order chi connectivity index (χ1) is 7.22. The van der Waals surface area contributed by atoms with Gasteiger partial charge >= 0.3 is 0 Å². The average molecular weight is 221 g/mol. The Morgan fingerprint density at radius 3 is 2.67 bits per heavy atom. The normalized spacial score (nSPS) is 9.93. The molecule has 0 heterocycles. The van der Waals surface area contributed by atoms with Crippen LogP contribution in [0, 0.1) is 0 Å². The third-order valence-corrected chi connectivity index (χ3v) is 1.91. The Hall–Kier alpha value is -1.68. The third kappa shape index (κ3) is 4.37. The summed E-state index contributed by atoms with van der Waals surface area (Å²) in [5.41, 5.74) is 0.955. The van der Waals surface area contributed by atoms with Gasteiger partial charge in [0.2, 0.25) is 0 Å². The zero-order chi connectivity index (χ0) is 11.1. The van der Waals surface area contributed by atoms with Crippen molar-refractivity contribution in [1.82, 2.24) is 5.32 Å². The van der Waals surface area contributed by atoms with E-state index in [4.69, 9.17) is 0 Å². The van der Waals surface area contributed by atoms with E-state index in [9.17, 15) is 4.79 Å². The molecule has 0 bridgehead atoms. The molecule has 78 valence electrons. The van der Waals surface area contributed by atoms with Crippen molar-refractivity contribution in [1.29, 1.82) is 0 Å². The molecule has 1 amide bonds. The zero-order valence-electron chi connectivity index (χ0n) is 8.27. The number of methoxy groups -OCH3 is 1. The van der Waals surface area contributed by atoms with Crippen molar-refractivity contribution in [2.75, 3.05) is 7.11 Å². The largest absolute Gasteiger partial charge is 0.474 e. The number of rotatable bonds is 2. The van der Waals surface area contributed by atoms with Gasteiger partial charge in [0.15, 0.2) is 0 Å². The van der Waals surface area contributed by atoms with E-state index in [1.165, 1.54) is 13.2 Å². The molecule has 0 aliphatic rings. The summed E-state index contributed by atoms with van der Waals surface area (Å²) in [7, 11) is 1.41. The van der Waals surface area contributed by atoms with Gasteiger partial charge in [-0.15, -0.1) is 0 Å². The van der Waals surface area contributed by atoms with E-state index >= 15 is 0 Å². The number of carbonyl (C=O) groups excluding carboxylic acids is 1. The molecule has 0 fully saturated rings. The first-order valence-electron chi connectivity index (χ1n) is 4.34. The van der Waals surface area contributed by atoms with Crippen molar-refractivity contribution in [3.8, 4) is 0 Å². The maximum atomic E-state index is 11.2. The van der Waals surface area contributed by atoms with Crippen LogP contribution < -0.4 is 5.32 Å². The Morgan fingerprint density at radius 1 is 1.40 bits per heavy atom. The number of hydrogen-bond acceptors (Lipinski definition) is 3. The van der Waals surface area contributed by atoms with Crippen LogP contribution in [-0.2, 0) is 9.53 Å². The molecule has 0 radical (unpaired) electrons. The lowest BCUT2D eigenvalue weighted by Crippen LogP contribution is -2.28. The summed E-state index contributed by atoms with van der Waals surface area (Å²) in [5, 5.41) is 2.45. The van der Waals surface area contributed by atoms with Gasteiger partial charge in [-0.25, -0.2) is 0 Å². The number of amides is 1. The van der Waals surface area contributed by atoms with E-state index in [2.05, 4.69) is 22.3 Å². The van der Waals surface area contributed by atoms with Crippen LogP contribution in [0.5, 0.6) is 0 Å². The molecule has 0 unspecified atom stereocenters. The van der Waals surface area contributed by atoms with E-state index in [1.807, 2.05) is 30.3 Å². The Morgan fingerprint density at radius 2 is 2.07 bits per heavy atom. The minimum atomic E-state index is -0.300. The van der Waals surface area contributed by atoms with Gasteiger partial charge in [-0.2, -0.15) is 0 Å². The van der Waals surface area contributed by atoms with E-state index in [-0.39, 0.29) is 11.1 Å². The lowest BCUT2D eigenvalue weighted by molar-refractivity contribution is -0.115. The van der Waals surface area contributed by atoms with E-state index in [0.29, 0.717) is 0 Å². The minimum absolute atomic E-state index is 0.0673. The van der Waals surface area contributed by atoms with Crippen LogP contribution in [0.3, 0.4) is 0 Å². The van der Waals surface area contributed by atoms with Gasteiger partial charge in [-0.3, -0.25) is 10.1 Å². The van der Waals surface area contributed by atoms with E-state index in [0.717, 1.165) is 5.56 Å². The number of carbonyl (C=O) groups is 1. The molecule has 0 saturated heterocycles. The van der Waals surface area contributed by atoms with Crippen LogP contribution in [0.1, 0.15) is 5.56 Å². The first kappa shape index (κ1) is 11.4. The number of benzene rings is 1. The molecule has 0 aliphatic carbocycles. The van der Waals surface area contributed by atoms with Gasteiger partial charge in [-0.1, -0.05) is 30.3 Å². The van der Waals surface area contributed by atoms with Gasteiger partial charge < -0.3 is 4.74 Å². The second-order valence-corrected chi connectivity index (χ2v) is 3.10. The maximum Gasteiger partial charge on any atom is 0.263 e. The summed E-state index contributed by atoms with van der Waals surface area (Å²) in [6.07, 6.45) is 3.11. The van der Waals surface area contributed by atoms with Crippen LogP contribution in [0.2, 0.25) is 0 Å². The summed E-state index contributed by atoms with van der Waals surface area (Å²) < 4.78 is 4.64. The number of nitrogens with one attached hydrogen (secondary N) is 1. The van der Waals surface area contributed by atoms with E-state index in [1.54, 1.807) is 6.08 Å². The number of hydrogen-bond donors (Lipinski definition) is 1. The van der Waals surface area contributed by atoms with Crippen molar-refractivity contribution >= 4 is 29.4 Å². The lowest BCUT2D eigenvalue weighted by Gasteiger charge is -2.00. The first-order valence-corrected chi connectivity index (χ1v) is 4.75. The Kier molecular flexibility index (Phi) is 4.50. The summed E-state index contributed by atoms with van der Waals surface area (Å²) in [4.78, 5) is 11.2. The van der Waals surface area contributed by atoms with Gasteiger partial charge in [-0.05, 0) is 23.9 Å². The second-order valence-electron chi connectivity index (χ2n) is 2.72. The molecule has 4 heteroatoms. The quantitative estimate of drug-likeness (QED) is 0.610. The molecule has 1 aromatic carbocycles. The smallest absolute Gasteiger partial charge is 0.263 e. The predicted molar refractivity (Wildman–Crippen MR) is 63.2 cm³/mol. The minimum Gasteiger partial charge on any atom is -0.474 e. The van der Waals surface area contributed by atoms with Crippen LogP contribution in [0.15, 0.2) is 36.4 Å². The lowest BCUT2D eigenvalue weighted by atomic mass is 10.2. The van der Waals surface area contributed by atoms with Crippen LogP contribution >= 0.6 is 12.2 Å². The van der Waals surface area contributed by atoms with Crippen LogP contribution in [0.4, 0.5) is 0 Å². The summed E-state index contributed by atoms with van der Waals surface area (Å²) >= 11 is 4.67. The summed E-state index contributed by atoms with van der Waals surface area (Å²) in [6, 6.07) is 9.52. The van der Waals surface area contributed by atoms with E-state index < -0.39 is 0 Å². The SMILES string of the molecule is COC(=S)NC(=O)/C=C/c1ccccc1. The average Bonchev–Trinajstić information content (AvgIpc) is 2.27. The molecule has 0 spiro atoms. The van der Waals surface area contributed by atoms with Crippen molar-refractivity contribution < 1.29 is 9.53 Å². The Bertz CT molecular complexity index is 373. The second kappa shape index (κ2) is 5.93. The Balaban J connectivity index is 2.52. The maximum absolute atomic E-state index is 11.2. The zero-order valence-corrected chi connectivity index (χ0v) is 9.08. The highest BCUT2D eigenvalue weighted by Gasteiger charge is 1.98. The fourth-order valence-electron chi connectivity index (χ4n) is 0.929. The predicted octanol–water partition coefficient (Wildman–Crippen LogP) is 1.75. The molecule has 1 aromatic rings. The van der Waals surface area contributed by atoms with Crippen molar-refractivity contribution in [2.24, 2.45) is 0 Å². The van der Waals surface area contributed by atoms with Gasteiger partial charge in [0.1, 0.15) is 0 Å². The molecular formula is C11H11NO2S. The fraction of sp³-hybridized carbons (Fsp3) is 0.0909. The van der Waals surface area contributed by atoms with Gasteiger partial charge in [0, 0.05) is 6.08 Å². The summed E-state index contributed by atoms with van der Waals surface area (Å²) in [5.74, 6) is -0.300. The molecule has 3 nitrogen and oxygen atoms in total. The van der Waals surface area contributed by atoms with Gasteiger partial charge in [0.25, 0.3) is 11.1 Å². The third-order valence-electron chi connectivity index (χ3n) is 1.64. The fourth-order valence-corrected chi connectivity index (χ4v) is 1.03. The van der Waals surface area contributed by atoms with Crippen LogP contribution in [-0.4, -0.2) is 18.2 Å². The molecule has 1 N–H and O–H groups in total. The summed E-state index contributed by atoms with van der Waals surface area (Å²) in [6.45, 7) is 0. The molecule has 0 aliphatic heterocycles. The van der Waals surface area contributed by atoms with Crippen molar-refractivity contribution in [3.05, 3.63) is 42.0 Å². The number of thiocarbonyl (C=S) groups is 1. The molecule has 0 saturated carbocycles. The molecule has 0 aromatic heterocycles. The molecular weight excluding hydrogens is 210 g/mol. The highest BCUT2D eigenvalue weighted by Crippen LogP contribution is 2.00. The van der Waals surface area contributed by atoms with Crippen molar-refractivity contribution in [3.63, 3.8) is 0 Å². The highest BCUT2D eigenvalue weighted by molar-refractivity contribution is 7.80. The van der Waals surface area contributed by atoms with Crippen LogP contribution in [0.25, 0.3) is 6.08 Å². The topological polar surface area (TPSA) is 38.3 Å². The van der Waals surface area contributed by atoms with Gasteiger partial charge in [0.05, 0.1) is 7.11 Å².